The molecule has 7 heteroatoms. The Balaban J connectivity index is 3.52. The lowest BCUT2D eigenvalue weighted by atomic mass is 10.4. The van der Waals surface area contributed by atoms with E-state index in [1.165, 1.54) is 7.11 Å². The predicted molar refractivity (Wildman–Crippen MR) is 43.0 cm³/mol. The van der Waals surface area contributed by atoms with Crippen molar-refractivity contribution >= 4 is 18.0 Å². The van der Waals surface area contributed by atoms with Crippen molar-refractivity contribution in [1.82, 2.24) is 5.32 Å². The molecule has 4 N–H and O–H groups in total. The highest BCUT2D eigenvalue weighted by Crippen LogP contribution is 1.83. The molecule has 13 heavy (non-hydrogen) atoms. The number of nitrogens with one attached hydrogen (secondary N) is 2. The van der Waals surface area contributed by atoms with Gasteiger partial charge in [-0.25, -0.2) is 4.79 Å². The number of rotatable bonds is 3. The number of methoxy groups -OCH3 is 1. The minimum Gasteiger partial charge on any atom is -0.468 e. The zero-order valence-electron chi connectivity index (χ0n) is 7.12. The van der Waals surface area contributed by atoms with E-state index in [1.807, 2.05) is 0 Å². The quantitative estimate of drug-likeness (QED) is 0.397. The Morgan fingerprint density at radius 2 is 2.15 bits per heavy atom. The average Bonchev–Trinajstić information content (AvgIpc) is 2.03. The van der Waals surface area contributed by atoms with Crippen LogP contribution in [0.4, 0.5) is 4.79 Å². The molecule has 0 aromatic carbocycles. The van der Waals surface area contributed by atoms with Crippen LogP contribution >= 0.6 is 0 Å². The van der Waals surface area contributed by atoms with Crippen LogP contribution < -0.4 is 11.1 Å². The van der Waals surface area contributed by atoms with Gasteiger partial charge in [-0.3, -0.25) is 15.5 Å². The van der Waals surface area contributed by atoms with Gasteiger partial charge in [0.2, 0.25) is 5.91 Å². The van der Waals surface area contributed by atoms with Crippen molar-refractivity contribution in [1.29, 1.82) is 5.41 Å². The molecule has 0 saturated heterocycles. The van der Waals surface area contributed by atoms with E-state index in [1.54, 1.807) is 0 Å². The maximum Gasteiger partial charge on any atom is 0.404 e. The largest absolute Gasteiger partial charge is 0.468 e. The number of amidine groups is 1. The van der Waals surface area contributed by atoms with Gasteiger partial charge in [-0.2, -0.15) is 0 Å². The minimum absolute atomic E-state index is 0.0608. The molecule has 0 heterocycles. The molecule has 0 rings (SSSR count). The molecule has 0 unspecified atom stereocenters. The summed E-state index contributed by atoms with van der Waals surface area (Å²) in [7, 11) is 1.25. The standard InChI is InChI=1S/C6H11N3O4/c1-12-5(7)9-4(10)2-3-13-6(8)11/h2-3H2,1H3,(H2,8,11)(H2,7,9,10). The summed E-state index contributed by atoms with van der Waals surface area (Å²) >= 11 is 0. The molecule has 74 valence electrons. The van der Waals surface area contributed by atoms with Crippen LogP contribution in [0.15, 0.2) is 0 Å². The van der Waals surface area contributed by atoms with Crippen molar-refractivity contribution in [2.75, 3.05) is 13.7 Å². The zero-order chi connectivity index (χ0) is 10.3. The van der Waals surface area contributed by atoms with E-state index in [0.717, 1.165) is 0 Å². The van der Waals surface area contributed by atoms with Gasteiger partial charge in [-0.05, 0) is 0 Å². The van der Waals surface area contributed by atoms with Gasteiger partial charge < -0.3 is 15.2 Å². The second-order valence-electron chi connectivity index (χ2n) is 2.00. The molecular formula is C6H11N3O4. The number of nitrogens with two attached hydrogens (primary N) is 1. The maximum atomic E-state index is 10.8. The van der Waals surface area contributed by atoms with E-state index in [2.05, 4.69) is 20.5 Å². The van der Waals surface area contributed by atoms with Gasteiger partial charge in [0.15, 0.2) is 0 Å². The normalized spacial score (nSPS) is 8.69. The number of primary amides is 1. The Kier molecular flexibility index (Phi) is 5.01. The molecule has 0 atom stereocenters. The highest BCUT2D eigenvalue weighted by Gasteiger charge is 2.04. The second kappa shape index (κ2) is 5.81. The average molecular weight is 189 g/mol. The topological polar surface area (TPSA) is 114 Å². The summed E-state index contributed by atoms with van der Waals surface area (Å²) in [6, 6.07) is -0.357. The fraction of sp³-hybridized carbons (Fsp3) is 0.500. The molecular weight excluding hydrogens is 178 g/mol. The third kappa shape index (κ3) is 6.60. The monoisotopic (exact) mass is 189 g/mol. The van der Waals surface area contributed by atoms with Gasteiger partial charge >= 0.3 is 6.09 Å². The van der Waals surface area contributed by atoms with Crippen LogP contribution in [-0.4, -0.2) is 31.7 Å². The molecule has 0 aliphatic rings. The summed E-state index contributed by atoms with van der Waals surface area (Å²) in [5.74, 6) is -0.479. The summed E-state index contributed by atoms with van der Waals surface area (Å²) in [6.07, 6.45) is -0.996. The number of hydrogen-bond donors (Lipinski definition) is 3. The smallest absolute Gasteiger partial charge is 0.404 e. The number of carbonyl (C=O) groups excluding carboxylic acids is 2. The highest BCUT2D eigenvalue weighted by molar-refractivity contribution is 5.92. The lowest BCUT2D eigenvalue weighted by molar-refractivity contribution is -0.120. The third-order valence-electron chi connectivity index (χ3n) is 1.03. The molecule has 0 aliphatic carbocycles. The van der Waals surface area contributed by atoms with Crippen molar-refractivity contribution in [3.8, 4) is 0 Å². The summed E-state index contributed by atoms with van der Waals surface area (Å²) in [6.45, 7) is -0.113. The predicted octanol–water partition coefficient (Wildman–Crippen LogP) is -0.831. The first-order valence-corrected chi connectivity index (χ1v) is 3.41. The van der Waals surface area contributed by atoms with Gasteiger partial charge in [0.25, 0.3) is 6.02 Å². The number of amides is 2. The van der Waals surface area contributed by atoms with E-state index in [4.69, 9.17) is 5.41 Å². The van der Waals surface area contributed by atoms with Crippen LogP contribution in [0.3, 0.4) is 0 Å². The summed E-state index contributed by atoms with van der Waals surface area (Å²) in [5, 5.41) is 8.99. The van der Waals surface area contributed by atoms with Gasteiger partial charge in [0, 0.05) is 0 Å². The molecule has 7 nitrogen and oxygen atoms in total. The van der Waals surface area contributed by atoms with E-state index in [0.29, 0.717) is 0 Å². The van der Waals surface area contributed by atoms with Crippen LogP contribution in [-0.2, 0) is 14.3 Å². The molecule has 0 aromatic rings. The molecule has 0 fully saturated rings. The molecule has 0 aliphatic heterocycles. The maximum absolute atomic E-state index is 10.8. The van der Waals surface area contributed by atoms with Crippen LogP contribution in [0.1, 0.15) is 6.42 Å². The van der Waals surface area contributed by atoms with E-state index < -0.39 is 12.0 Å². The Hall–Kier alpha value is -1.79. The molecule has 0 radical (unpaired) electrons. The number of carbonyl (C=O) groups is 2. The fourth-order valence-corrected chi connectivity index (χ4v) is 0.484. The van der Waals surface area contributed by atoms with Crippen molar-refractivity contribution < 1.29 is 19.1 Å². The molecule has 2 amide bonds. The first-order chi connectivity index (χ1) is 6.06. The SMILES string of the molecule is COC(=N)NC(=O)CCOC(N)=O. The number of ether oxygens (including phenoxy) is 2. The highest BCUT2D eigenvalue weighted by atomic mass is 16.5. The van der Waals surface area contributed by atoms with E-state index >= 15 is 0 Å². The Morgan fingerprint density at radius 3 is 2.62 bits per heavy atom. The van der Waals surface area contributed by atoms with Crippen molar-refractivity contribution in [3.63, 3.8) is 0 Å². The van der Waals surface area contributed by atoms with Crippen LogP contribution in [0, 0.1) is 5.41 Å². The molecule has 0 bridgehead atoms. The van der Waals surface area contributed by atoms with Crippen LogP contribution in [0.2, 0.25) is 0 Å². The number of hydrogen-bond acceptors (Lipinski definition) is 5. The molecule has 0 aromatic heterocycles. The molecule has 0 spiro atoms. The van der Waals surface area contributed by atoms with Crippen molar-refractivity contribution in [2.24, 2.45) is 5.73 Å². The van der Waals surface area contributed by atoms with Gasteiger partial charge in [0.1, 0.15) is 6.61 Å². The van der Waals surface area contributed by atoms with Crippen LogP contribution in [0.25, 0.3) is 0 Å². The van der Waals surface area contributed by atoms with Crippen molar-refractivity contribution in [3.05, 3.63) is 0 Å². The summed E-state index contributed by atoms with van der Waals surface area (Å²) < 4.78 is 8.66. The lowest BCUT2D eigenvalue weighted by Gasteiger charge is -2.04. The minimum atomic E-state index is -0.936. The van der Waals surface area contributed by atoms with Gasteiger partial charge in [-0.15, -0.1) is 0 Å². The first kappa shape index (κ1) is 11.2. The first-order valence-electron chi connectivity index (χ1n) is 3.41. The molecule has 0 saturated carbocycles. The van der Waals surface area contributed by atoms with E-state index in [-0.39, 0.29) is 19.0 Å². The summed E-state index contributed by atoms with van der Waals surface area (Å²) in [5.41, 5.74) is 4.65. The van der Waals surface area contributed by atoms with Crippen molar-refractivity contribution in [2.45, 2.75) is 6.42 Å². The van der Waals surface area contributed by atoms with Crippen LogP contribution in [0.5, 0.6) is 0 Å². The Morgan fingerprint density at radius 1 is 1.54 bits per heavy atom. The third-order valence-corrected chi connectivity index (χ3v) is 1.03. The fourth-order valence-electron chi connectivity index (χ4n) is 0.484. The second-order valence-corrected chi connectivity index (χ2v) is 2.00. The van der Waals surface area contributed by atoms with E-state index in [9.17, 15) is 9.59 Å². The zero-order valence-corrected chi connectivity index (χ0v) is 7.12. The van der Waals surface area contributed by atoms with Gasteiger partial charge in [0.05, 0.1) is 13.5 Å². The Labute approximate surface area is 74.7 Å². The van der Waals surface area contributed by atoms with Gasteiger partial charge in [-0.1, -0.05) is 0 Å². The lowest BCUT2D eigenvalue weighted by Crippen LogP contribution is -2.31. The summed E-state index contributed by atoms with van der Waals surface area (Å²) in [4.78, 5) is 20.9. The Bertz CT molecular complexity index is 216.